The van der Waals surface area contributed by atoms with Gasteiger partial charge in [-0.2, -0.15) is 0 Å². The van der Waals surface area contributed by atoms with Gasteiger partial charge in [0.25, 0.3) is 5.91 Å². The second-order valence-electron chi connectivity index (χ2n) is 6.36. The van der Waals surface area contributed by atoms with Crippen molar-refractivity contribution in [2.24, 2.45) is 0 Å². The predicted molar refractivity (Wildman–Crippen MR) is 109 cm³/mol. The topological polar surface area (TPSA) is 29.5 Å². The minimum atomic E-state index is -0.641. The van der Waals surface area contributed by atoms with Crippen LogP contribution in [0.25, 0.3) is 0 Å². The molecule has 0 radical (unpaired) electrons. The Morgan fingerprint density at radius 3 is 1.85 bits per heavy atom. The summed E-state index contributed by atoms with van der Waals surface area (Å²) < 4.78 is 5.84. The van der Waals surface area contributed by atoms with Gasteiger partial charge in [0.15, 0.2) is 6.10 Å². The molecule has 0 bridgehead atoms. The molecule has 0 heterocycles. The Labute approximate surface area is 165 Å². The molecular formula is C23H22ClNO2. The second-order valence-corrected chi connectivity index (χ2v) is 6.76. The molecule has 1 amide bonds. The smallest absolute Gasteiger partial charge is 0.263 e. The second kappa shape index (κ2) is 9.24. The predicted octanol–water partition coefficient (Wildman–Crippen LogP) is 5.34. The third kappa shape index (κ3) is 5.35. The highest BCUT2D eigenvalue weighted by Gasteiger charge is 2.23. The highest BCUT2D eigenvalue weighted by Crippen LogP contribution is 2.25. The molecule has 3 aromatic rings. The van der Waals surface area contributed by atoms with Crippen molar-refractivity contribution in [1.82, 2.24) is 4.90 Å². The fourth-order valence-electron chi connectivity index (χ4n) is 2.86. The summed E-state index contributed by atoms with van der Waals surface area (Å²) >= 11 is 6.16. The van der Waals surface area contributed by atoms with E-state index in [1.54, 1.807) is 19.1 Å². The number of hydrogen-bond donors (Lipinski definition) is 0. The lowest BCUT2D eigenvalue weighted by Gasteiger charge is -2.26. The van der Waals surface area contributed by atoms with E-state index >= 15 is 0 Å². The summed E-state index contributed by atoms with van der Waals surface area (Å²) in [5.41, 5.74) is 2.15. The number of benzene rings is 3. The Morgan fingerprint density at radius 1 is 0.852 bits per heavy atom. The van der Waals surface area contributed by atoms with E-state index in [-0.39, 0.29) is 5.91 Å². The molecule has 3 nitrogen and oxygen atoms in total. The minimum absolute atomic E-state index is 0.0809. The van der Waals surface area contributed by atoms with Crippen molar-refractivity contribution in [2.45, 2.75) is 26.1 Å². The van der Waals surface area contributed by atoms with E-state index in [0.717, 1.165) is 11.1 Å². The molecule has 27 heavy (non-hydrogen) atoms. The molecular weight excluding hydrogens is 358 g/mol. The number of nitrogens with zero attached hydrogens (tertiary/aromatic N) is 1. The van der Waals surface area contributed by atoms with Crippen LogP contribution in [0.5, 0.6) is 5.75 Å². The van der Waals surface area contributed by atoms with Crippen LogP contribution in [0.4, 0.5) is 0 Å². The van der Waals surface area contributed by atoms with Crippen molar-refractivity contribution in [1.29, 1.82) is 0 Å². The van der Waals surface area contributed by atoms with Crippen LogP contribution in [0.2, 0.25) is 5.02 Å². The molecule has 0 aliphatic carbocycles. The van der Waals surface area contributed by atoms with Gasteiger partial charge in [-0.1, -0.05) is 84.4 Å². The van der Waals surface area contributed by atoms with E-state index in [1.807, 2.05) is 77.7 Å². The molecule has 1 unspecified atom stereocenters. The third-order valence-electron chi connectivity index (χ3n) is 4.23. The van der Waals surface area contributed by atoms with Gasteiger partial charge < -0.3 is 9.64 Å². The molecule has 0 aliphatic rings. The first-order valence-electron chi connectivity index (χ1n) is 8.91. The van der Waals surface area contributed by atoms with Crippen LogP contribution in [0.1, 0.15) is 18.1 Å². The normalized spacial score (nSPS) is 11.6. The molecule has 0 spiro atoms. The van der Waals surface area contributed by atoms with Crippen molar-refractivity contribution >= 4 is 17.5 Å². The zero-order chi connectivity index (χ0) is 19.1. The zero-order valence-electron chi connectivity index (χ0n) is 15.2. The van der Waals surface area contributed by atoms with Gasteiger partial charge >= 0.3 is 0 Å². The summed E-state index contributed by atoms with van der Waals surface area (Å²) in [5.74, 6) is 0.432. The quantitative estimate of drug-likeness (QED) is 0.554. The number of rotatable bonds is 7. The molecule has 138 valence electrons. The molecule has 0 aromatic heterocycles. The van der Waals surface area contributed by atoms with Crippen molar-refractivity contribution in [3.05, 3.63) is 101 Å². The third-order valence-corrected chi connectivity index (χ3v) is 4.54. The summed E-state index contributed by atoms with van der Waals surface area (Å²) in [6.45, 7) is 2.80. The van der Waals surface area contributed by atoms with Gasteiger partial charge in [0.2, 0.25) is 0 Å². The van der Waals surface area contributed by atoms with Crippen LogP contribution in [-0.4, -0.2) is 16.9 Å². The van der Waals surface area contributed by atoms with E-state index in [0.29, 0.717) is 23.9 Å². The van der Waals surface area contributed by atoms with Crippen LogP contribution in [-0.2, 0) is 17.9 Å². The van der Waals surface area contributed by atoms with Crippen LogP contribution in [0, 0.1) is 0 Å². The maximum Gasteiger partial charge on any atom is 0.263 e. The molecule has 3 aromatic carbocycles. The molecule has 0 aliphatic heterocycles. The summed E-state index contributed by atoms with van der Waals surface area (Å²) in [6, 6.07) is 27.1. The minimum Gasteiger partial charge on any atom is -0.479 e. The largest absolute Gasteiger partial charge is 0.479 e. The number of ether oxygens (including phenoxy) is 1. The number of amides is 1. The van der Waals surface area contributed by atoms with E-state index < -0.39 is 6.10 Å². The Balaban J connectivity index is 1.77. The number of para-hydroxylation sites is 1. The number of hydrogen-bond acceptors (Lipinski definition) is 2. The average Bonchev–Trinajstić information content (AvgIpc) is 2.70. The Kier molecular flexibility index (Phi) is 6.50. The molecule has 1 atom stereocenters. The van der Waals surface area contributed by atoms with Gasteiger partial charge in [-0.3, -0.25) is 4.79 Å². The summed E-state index contributed by atoms with van der Waals surface area (Å²) in [7, 11) is 0. The van der Waals surface area contributed by atoms with Crippen molar-refractivity contribution in [2.75, 3.05) is 0 Å². The lowest BCUT2D eigenvalue weighted by atomic mass is 10.1. The average molecular weight is 380 g/mol. The summed E-state index contributed by atoms with van der Waals surface area (Å²) in [4.78, 5) is 14.9. The maximum absolute atomic E-state index is 13.1. The Morgan fingerprint density at radius 2 is 1.33 bits per heavy atom. The van der Waals surface area contributed by atoms with Gasteiger partial charge in [0.05, 0.1) is 5.02 Å². The van der Waals surface area contributed by atoms with Crippen LogP contribution >= 0.6 is 11.6 Å². The number of halogens is 1. The monoisotopic (exact) mass is 379 g/mol. The van der Waals surface area contributed by atoms with E-state index in [9.17, 15) is 4.79 Å². The standard InChI is InChI=1S/C23H22ClNO2/c1-18(27-22-15-9-8-14-21(22)24)23(26)25(16-19-10-4-2-5-11-19)17-20-12-6-3-7-13-20/h2-15,18H,16-17H2,1H3. The van der Waals surface area contributed by atoms with E-state index in [4.69, 9.17) is 16.3 Å². The summed E-state index contributed by atoms with van der Waals surface area (Å²) in [6.07, 6.45) is -0.641. The van der Waals surface area contributed by atoms with Crippen LogP contribution in [0.3, 0.4) is 0 Å². The molecule has 3 rings (SSSR count). The van der Waals surface area contributed by atoms with Gasteiger partial charge in [-0.15, -0.1) is 0 Å². The molecule has 4 heteroatoms. The first-order valence-corrected chi connectivity index (χ1v) is 9.29. The highest BCUT2D eigenvalue weighted by molar-refractivity contribution is 6.32. The maximum atomic E-state index is 13.1. The van der Waals surface area contributed by atoms with E-state index in [1.165, 1.54) is 0 Å². The van der Waals surface area contributed by atoms with Crippen LogP contribution in [0.15, 0.2) is 84.9 Å². The van der Waals surface area contributed by atoms with Gasteiger partial charge in [-0.05, 0) is 30.2 Å². The Hall–Kier alpha value is -2.78. The molecule has 0 saturated heterocycles. The number of carbonyl (C=O) groups excluding carboxylic acids is 1. The Bertz CT molecular complexity index is 826. The fraction of sp³-hybridized carbons (Fsp3) is 0.174. The fourth-order valence-corrected chi connectivity index (χ4v) is 3.04. The first kappa shape index (κ1) is 19.0. The van der Waals surface area contributed by atoms with Crippen molar-refractivity contribution in [3.63, 3.8) is 0 Å². The van der Waals surface area contributed by atoms with E-state index in [2.05, 4.69) is 0 Å². The first-order chi connectivity index (χ1) is 13.1. The summed E-state index contributed by atoms with van der Waals surface area (Å²) in [5, 5.41) is 0.495. The van der Waals surface area contributed by atoms with Gasteiger partial charge in [0, 0.05) is 13.1 Å². The lowest BCUT2D eigenvalue weighted by Crippen LogP contribution is -2.39. The van der Waals surface area contributed by atoms with Crippen LogP contribution < -0.4 is 4.74 Å². The zero-order valence-corrected chi connectivity index (χ0v) is 16.0. The lowest BCUT2D eigenvalue weighted by molar-refractivity contribution is -0.139. The SMILES string of the molecule is CC(Oc1ccccc1Cl)C(=O)N(Cc1ccccc1)Cc1ccccc1. The molecule has 0 fully saturated rings. The van der Waals surface area contributed by atoms with Crippen molar-refractivity contribution in [3.8, 4) is 5.75 Å². The van der Waals surface area contributed by atoms with Crippen molar-refractivity contribution < 1.29 is 9.53 Å². The van der Waals surface area contributed by atoms with Gasteiger partial charge in [-0.25, -0.2) is 0 Å². The molecule has 0 saturated carbocycles. The highest BCUT2D eigenvalue weighted by atomic mass is 35.5. The molecule has 0 N–H and O–H groups in total. The number of carbonyl (C=O) groups is 1. The van der Waals surface area contributed by atoms with Gasteiger partial charge in [0.1, 0.15) is 5.75 Å².